The van der Waals surface area contributed by atoms with Crippen LogP contribution < -0.4 is 16.0 Å². The number of terminal acetylenes is 3. The van der Waals surface area contributed by atoms with Crippen LogP contribution in [0, 0.1) is 37.0 Å². The van der Waals surface area contributed by atoms with E-state index in [0.717, 1.165) is 0 Å². The number of hydrogen-bond donors (Lipinski definition) is 3. The predicted molar refractivity (Wildman–Crippen MR) is 59.6 cm³/mol. The Morgan fingerprint density at radius 3 is 1.65 bits per heavy atom. The first-order valence-electron chi connectivity index (χ1n) is 4.32. The van der Waals surface area contributed by atoms with E-state index in [0.29, 0.717) is 0 Å². The first kappa shape index (κ1) is 14.1. The van der Waals surface area contributed by atoms with Crippen LogP contribution in [0.5, 0.6) is 0 Å². The van der Waals surface area contributed by atoms with Gasteiger partial charge in [-0.25, -0.2) is 0 Å². The van der Waals surface area contributed by atoms with Gasteiger partial charge in [-0.2, -0.15) is 0 Å². The second-order valence-electron chi connectivity index (χ2n) is 2.64. The maximum absolute atomic E-state index is 10.9. The Kier molecular flexibility index (Phi) is 6.13. The van der Waals surface area contributed by atoms with Crippen molar-refractivity contribution in [3.05, 3.63) is 0 Å². The van der Waals surface area contributed by atoms with Crippen LogP contribution in [-0.4, -0.2) is 30.4 Å². The molecule has 6 nitrogen and oxygen atoms in total. The first-order chi connectivity index (χ1) is 8.03. The summed E-state index contributed by atoms with van der Waals surface area (Å²) in [5.74, 6) is 3.15. The van der Waals surface area contributed by atoms with E-state index in [2.05, 4.69) is 16.0 Å². The minimum absolute atomic E-state index is 0.135. The molecule has 3 amide bonds. The molecule has 0 fully saturated rings. The summed E-state index contributed by atoms with van der Waals surface area (Å²) in [5.41, 5.74) is 0. The summed E-state index contributed by atoms with van der Waals surface area (Å²) in [6.07, 6.45) is 13.5. The molecule has 0 spiro atoms. The zero-order valence-corrected chi connectivity index (χ0v) is 8.74. The van der Waals surface area contributed by atoms with Crippen LogP contribution in [0.2, 0.25) is 0 Å². The molecule has 0 bridgehead atoms. The maximum Gasteiger partial charge on any atom is 0.297 e. The molecule has 0 aromatic rings. The smallest absolute Gasteiger partial charge is 0.297 e. The second kappa shape index (κ2) is 7.39. The van der Waals surface area contributed by atoms with Crippen LogP contribution in [0.1, 0.15) is 0 Å². The SMILES string of the molecule is C#CC(=O)NCC(NC(=O)C#C)NC(=O)C#C. The molecule has 0 aliphatic carbocycles. The molecule has 0 atom stereocenters. The fraction of sp³-hybridized carbons (Fsp3) is 0.182. The number of amides is 3. The number of hydrogen-bond acceptors (Lipinski definition) is 3. The lowest BCUT2D eigenvalue weighted by Gasteiger charge is -2.17. The van der Waals surface area contributed by atoms with Gasteiger partial charge in [-0.1, -0.05) is 0 Å². The van der Waals surface area contributed by atoms with Crippen LogP contribution in [0.4, 0.5) is 0 Å². The van der Waals surface area contributed by atoms with E-state index in [-0.39, 0.29) is 6.54 Å². The molecule has 0 aromatic carbocycles. The molecule has 0 rings (SSSR count). The van der Waals surface area contributed by atoms with Gasteiger partial charge in [0.1, 0.15) is 6.17 Å². The molecule has 0 heterocycles. The van der Waals surface area contributed by atoms with Crippen LogP contribution in [-0.2, 0) is 14.4 Å². The second-order valence-corrected chi connectivity index (χ2v) is 2.64. The summed E-state index contributed by atoms with van der Waals surface area (Å²) in [5, 5.41) is 6.70. The average molecular weight is 231 g/mol. The zero-order valence-electron chi connectivity index (χ0n) is 8.74. The highest BCUT2D eigenvalue weighted by atomic mass is 16.2. The molecule has 0 saturated heterocycles. The third-order valence-electron chi connectivity index (χ3n) is 1.47. The molecule has 3 N–H and O–H groups in total. The average Bonchev–Trinajstić information content (AvgIpc) is 2.34. The fourth-order valence-electron chi connectivity index (χ4n) is 0.784. The summed E-state index contributed by atoms with van der Waals surface area (Å²) in [6.45, 7) is -0.135. The van der Waals surface area contributed by atoms with Crippen molar-refractivity contribution >= 4 is 17.7 Å². The molecule has 6 heteroatoms. The van der Waals surface area contributed by atoms with Crippen LogP contribution in [0.25, 0.3) is 0 Å². The van der Waals surface area contributed by atoms with E-state index in [9.17, 15) is 14.4 Å². The number of nitrogens with one attached hydrogen (secondary N) is 3. The molecular weight excluding hydrogens is 222 g/mol. The van der Waals surface area contributed by atoms with E-state index in [1.165, 1.54) is 0 Å². The standard InChI is InChI=1S/C11H9N3O3/c1-4-9(15)12-7-8(13-10(16)5-2)14-11(17)6-3/h1-3,8H,7H2,(H,12,15)(H,13,16)(H,14,17). The highest BCUT2D eigenvalue weighted by Gasteiger charge is 2.13. The summed E-state index contributed by atoms with van der Waals surface area (Å²) >= 11 is 0. The van der Waals surface area contributed by atoms with Crippen LogP contribution >= 0.6 is 0 Å². The van der Waals surface area contributed by atoms with Crippen molar-refractivity contribution in [3.63, 3.8) is 0 Å². The van der Waals surface area contributed by atoms with E-state index < -0.39 is 23.9 Å². The largest absolute Gasteiger partial charge is 0.341 e. The van der Waals surface area contributed by atoms with Gasteiger partial charge in [0.15, 0.2) is 0 Å². The molecule has 0 aliphatic heterocycles. The van der Waals surface area contributed by atoms with E-state index in [4.69, 9.17) is 19.3 Å². The van der Waals surface area contributed by atoms with Crippen molar-refractivity contribution in [1.29, 1.82) is 0 Å². The molecule has 0 unspecified atom stereocenters. The molecule has 0 aliphatic rings. The third-order valence-corrected chi connectivity index (χ3v) is 1.47. The van der Waals surface area contributed by atoms with Crippen molar-refractivity contribution < 1.29 is 14.4 Å². The fourth-order valence-corrected chi connectivity index (χ4v) is 0.784. The van der Waals surface area contributed by atoms with E-state index in [1.54, 1.807) is 17.8 Å². The van der Waals surface area contributed by atoms with Crippen molar-refractivity contribution in [2.75, 3.05) is 6.54 Å². The summed E-state index contributed by atoms with van der Waals surface area (Å²) in [4.78, 5) is 32.6. The Morgan fingerprint density at radius 1 is 0.882 bits per heavy atom. The van der Waals surface area contributed by atoms with Crippen molar-refractivity contribution in [1.82, 2.24) is 16.0 Å². The lowest BCUT2D eigenvalue weighted by Crippen LogP contribution is -2.53. The Hall–Kier alpha value is -2.91. The number of carbonyl (C=O) groups is 3. The Morgan fingerprint density at radius 2 is 1.29 bits per heavy atom. The third kappa shape index (κ3) is 6.22. The Labute approximate surface area is 98.5 Å². The lowest BCUT2D eigenvalue weighted by molar-refractivity contribution is -0.120. The summed E-state index contributed by atoms with van der Waals surface area (Å²) in [7, 11) is 0. The topological polar surface area (TPSA) is 87.3 Å². The van der Waals surface area contributed by atoms with Gasteiger partial charge in [-0.3, -0.25) is 14.4 Å². The van der Waals surface area contributed by atoms with Crippen molar-refractivity contribution in [2.24, 2.45) is 0 Å². The molecule has 0 radical (unpaired) electrons. The summed E-state index contributed by atoms with van der Waals surface area (Å²) < 4.78 is 0. The first-order valence-corrected chi connectivity index (χ1v) is 4.32. The zero-order chi connectivity index (χ0) is 13.3. The van der Waals surface area contributed by atoms with E-state index in [1.807, 2.05) is 0 Å². The van der Waals surface area contributed by atoms with Gasteiger partial charge in [0.05, 0.1) is 6.54 Å². The van der Waals surface area contributed by atoms with Gasteiger partial charge in [-0.05, 0) is 17.8 Å². The molecule has 0 aromatic heterocycles. The Bertz CT molecular complexity index is 420. The minimum atomic E-state index is -0.931. The van der Waals surface area contributed by atoms with Gasteiger partial charge < -0.3 is 16.0 Å². The van der Waals surface area contributed by atoms with Gasteiger partial charge in [0.2, 0.25) is 0 Å². The predicted octanol–water partition coefficient (Wildman–Crippen LogP) is -2.44. The molecule has 86 valence electrons. The minimum Gasteiger partial charge on any atom is -0.341 e. The highest BCUT2D eigenvalue weighted by Crippen LogP contribution is 1.78. The van der Waals surface area contributed by atoms with Gasteiger partial charge >= 0.3 is 0 Å². The summed E-state index contributed by atoms with van der Waals surface area (Å²) in [6, 6.07) is 0. The van der Waals surface area contributed by atoms with E-state index >= 15 is 0 Å². The van der Waals surface area contributed by atoms with Gasteiger partial charge in [0, 0.05) is 0 Å². The van der Waals surface area contributed by atoms with Crippen LogP contribution in [0.3, 0.4) is 0 Å². The quantitative estimate of drug-likeness (QED) is 0.371. The van der Waals surface area contributed by atoms with Gasteiger partial charge in [-0.15, -0.1) is 19.3 Å². The normalized spacial score (nSPS) is 8.12. The number of carbonyl (C=O) groups excluding carboxylic acids is 3. The van der Waals surface area contributed by atoms with Crippen LogP contribution in [0.15, 0.2) is 0 Å². The maximum atomic E-state index is 10.9. The Balaban J connectivity index is 4.43. The molecular formula is C11H9N3O3. The highest BCUT2D eigenvalue weighted by molar-refractivity contribution is 5.96. The number of rotatable bonds is 4. The van der Waals surface area contributed by atoms with Crippen molar-refractivity contribution in [3.8, 4) is 37.0 Å². The lowest BCUT2D eigenvalue weighted by atomic mass is 10.4. The van der Waals surface area contributed by atoms with Crippen molar-refractivity contribution in [2.45, 2.75) is 6.17 Å². The monoisotopic (exact) mass is 231 g/mol. The molecule has 17 heavy (non-hydrogen) atoms. The molecule has 0 saturated carbocycles. The van der Waals surface area contributed by atoms with Gasteiger partial charge in [0.25, 0.3) is 17.7 Å².